The zero-order chi connectivity index (χ0) is 51.9. The molecule has 2 saturated heterocycles. The molecule has 7 atom stereocenters. The summed E-state index contributed by atoms with van der Waals surface area (Å²) in [6, 6.07) is -0.427. The maximum atomic E-state index is 15.5. The van der Waals surface area contributed by atoms with Crippen molar-refractivity contribution in [3.8, 4) is 11.4 Å². The van der Waals surface area contributed by atoms with Gasteiger partial charge >= 0.3 is 24.1 Å². The van der Waals surface area contributed by atoms with E-state index in [0.29, 0.717) is 0 Å². The van der Waals surface area contributed by atoms with Gasteiger partial charge in [-0.3, -0.25) is 19.2 Å². The summed E-state index contributed by atoms with van der Waals surface area (Å²) in [5, 5.41) is 6.26. The number of alkyl carbamates (subject to hydrolysis) is 2. The van der Waals surface area contributed by atoms with Crippen molar-refractivity contribution in [1.29, 1.82) is 0 Å². The lowest BCUT2D eigenvalue weighted by Crippen LogP contribution is -2.51. The van der Waals surface area contributed by atoms with Gasteiger partial charge in [-0.15, -0.1) is 0 Å². The molecule has 4 aromatic rings. The minimum atomic E-state index is -2.29. The van der Waals surface area contributed by atoms with Crippen LogP contribution in [0.4, 0.5) is 18.4 Å². The second-order valence-corrected chi connectivity index (χ2v) is 18.8. The highest BCUT2D eigenvalue weighted by atomic mass is 19.1. The third-order valence-corrected chi connectivity index (χ3v) is 11.2. The Bertz CT molecular complexity index is 2700. The summed E-state index contributed by atoms with van der Waals surface area (Å²) in [6.45, 7) is 15.1. The van der Waals surface area contributed by atoms with Crippen molar-refractivity contribution in [3.63, 3.8) is 0 Å². The Hall–Kier alpha value is -6.04. The molecule has 5 N–H and O–H groups in total. The van der Waals surface area contributed by atoms with Crippen LogP contribution >= 0.6 is 0 Å². The number of hydrogen-bond acceptors (Lipinski definition) is 11. The third-order valence-electron chi connectivity index (χ3n) is 11.2. The maximum absolute atomic E-state index is 15.5. The summed E-state index contributed by atoms with van der Waals surface area (Å²) in [4.78, 5) is 86.4. The first-order chi connectivity index (χ1) is 32.5. The van der Waals surface area contributed by atoms with Gasteiger partial charge < -0.3 is 49.8 Å². The van der Waals surface area contributed by atoms with Gasteiger partial charge in [0, 0.05) is 68.5 Å². The van der Waals surface area contributed by atoms with E-state index in [1.54, 1.807) is 55.4 Å². The highest BCUT2D eigenvalue weighted by molar-refractivity contribution is 6.03. The molecule has 16 nitrogen and oxygen atoms in total. The topological polar surface area (TPSA) is 210 Å². The van der Waals surface area contributed by atoms with E-state index >= 15 is 13.6 Å². The van der Waals surface area contributed by atoms with Crippen molar-refractivity contribution in [1.82, 2.24) is 30.8 Å². The second-order valence-electron chi connectivity index (χ2n) is 18.8. The number of amides is 3. The summed E-state index contributed by atoms with van der Waals surface area (Å²) < 4.78 is 90.9. The van der Waals surface area contributed by atoms with Crippen LogP contribution in [0, 0.1) is 11.6 Å². The number of likely N-dealkylation sites (tertiary alicyclic amines) is 1. The van der Waals surface area contributed by atoms with E-state index in [0.717, 1.165) is 41.5 Å². The molecule has 0 spiro atoms. The second kappa shape index (κ2) is 19.8. The van der Waals surface area contributed by atoms with E-state index in [4.69, 9.17) is 20.3 Å². The fraction of sp³-hybridized carbons (Fsp3) is 0.542. The highest BCUT2D eigenvalue weighted by Crippen LogP contribution is 2.44. The number of carbonyl (C=O) groups is 6. The van der Waals surface area contributed by atoms with Gasteiger partial charge in [-0.2, -0.15) is 0 Å². The zero-order valence-corrected chi connectivity index (χ0v) is 39.0. The number of halogens is 2. The van der Waals surface area contributed by atoms with Gasteiger partial charge in [0.05, 0.1) is 31.3 Å². The Morgan fingerprint density at radius 1 is 0.833 bits per heavy atom. The van der Waals surface area contributed by atoms with Crippen molar-refractivity contribution in [2.24, 2.45) is 0 Å². The van der Waals surface area contributed by atoms with Crippen molar-refractivity contribution in [3.05, 3.63) is 59.1 Å². The van der Waals surface area contributed by atoms with E-state index in [2.05, 4.69) is 15.6 Å². The Morgan fingerprint density at radius 3 is 2.03 bits per heavy atom. The van der Waals surface area contributed by atoms with Gasteiger partial charge in [0.25, 0.3) is 0 Å². The van der Waals surface area contributed by atoms with Crippen LogP contribution in [0.5, 0.6) is 0 Å². The average molecular weight is 925 g/mol. The molecular formula is C48H62F2N6O10. The molecule has 0 bridgehead atoms. The van der Waals surface area contributed by atoms with E-state index in [9.17, 15) is 28.2 Å². The summed E-state index contributed by atoms with van der Waals surface area (Å²) >= 11 is 0. The molecule has 2 fully saturated rings. The largest absolute Gasteiger partial charge is 0.461 e. The van der Waals surface area contributed by atoms with Gasteiger partial charge in [-0.05, 0) is 108 Å². The maximum Gasteiger partial charge on any atom is 0.408 e. The number of carbonyl (C=O) groups excluding carboxylic acids is 6. The number of aromatic nitrogens is 2. The zero-order valence-electron chi connectivity index (χ0n) is 43.0. The first kappa shape index (κ1) is 43.8. The number of benzene rings is 2. The molecule has 0 aliphatic carbocycles. The highest BCUT2D eigenvalue weighted by Gasteiger charge is 2.44. The fourth-order valence-electron chi connectivity index (χ4n) is 8.66. The van der Waals surface area contributed by atoms with Crippen LogP contribution in [0.25, 0.3) is 33.2 Å². The molecule has 2 aromatic carbocycles. The predicted molar refractivity (Wildman–Crippen MR) is 241 cm³/mol. The number of nitrogens with one attached hydrogen (secondary N) is 5. The molecular weight excluding hydrogens is 859 g/mol. The van der Waals surface area contributed by atoms with Crippen LogP contribution in [-0.4, -0.2) is 111 Å². The molecule has 2 aliphatic heterocycles. The lowest BCUT2D eigenvalue weighted by Gasteiger charge is -2.30. The van der Waals surface area contributed by atoms with Crippen molar-refractivity contribution in [2.45, 2.75) is 155 Å². The first-order valence-corrected chi connectivity index (χ1v) is 22.1. The van der Waals surface area contributed by atoms with Crippen molar-refractivity contribution < 1.29 is 62.1 Å². The van der Waals surface area contributed by atoms with Crippen LogP contribution in [0.3, 0.4) is 0 Å². The number of aromatic amines is 2. The number of rotatable bonds is 14. The predicted octanol–water partition coefficient (Wildman–Crippen LogP) is 7.22. The molecule has 7 unspecified atom stereocenters. The summed E-state index contributed by atoms with van der Waals surface area (Å²) in [7, 11) is 0. The number of ether oxygens (including phenoxy) is 4. The molecule has 0 saturated carbocycles. The molecule has 2 aliphatic rings. The summed E-state index contributed by atoms with van der Waals surface area (Å²) in [5.74, 6) is -6.03. The average Bonchev–Trinajstić information content (AvgIpc) is 3.94. The lowest BCUT2D eigenvalue weighted by atomic mass is 9.80. The number of esters is 2. The van der Waals surface area contributed by atoms with Gasteiger partial charge in [0.15, 0.2) is 7.20 Å². The van der Waals surface area contributed by atoms with Crippen LogP contribution in [0.15, 0.2) is 36.4 Å². The molecule has 66 heavy (non-hydrogen) atoms. The number of Topliss-reactive ketones (excluding diaryl/α,β-unsaturated/α-hetero) is 1. The monoisotopic (exact) mass is 924 g/mol. The number of H-pyrrole nitrogens is 2. The number of fused-ring (bicyclic) bond motifs is 2. The SMILES string of the molecule is [2H]c1cc(F)cc2c1c(CC1CC(OC(C)=O)CN1C(=O)C(CC)NC(=O)OC(C)(C)C)c(-c1[nH]c3cc(F)ccc3c1C(C(=O)C(CC)NC(=O)OC(C)(C)C)C1([2H])CC(OC(C)=O)CN1[2H])n2[2H]. The normalized spacial score (nSPS) is 22.4. The minimum Gasteiger partial charge on any atom is -0.461 e. The van der Waals surface area contributed by atoms with Crippen LogP contribution in [0.1, 0.15) is 115 Å². The molecule has 358 valence electrons. The van der Waals surface area contributed by atoms with Crippen LogP contribution < -0.4 is 15.9 Å². The number of hydrogen-bond donors (Lipinski definition) is 5. The minimum absolute atomic E-state index is 0.0329. The Morgan fingerprint density at radius 2 is 1.42 bits per heavy atom. The van der Waals surface area contributed by atoms with Crippen molar-refractivity contribution >= 4 is 57.6 Å². The van der Waals surface area contributed by atoms with E-state index in [-0.39, 0.29) is 89.1 Å². The summed E-state index contributed by atoms with van der Waals surface area (Å²) in [5.41, 5.74) is -1.94. The fourth-order valence-corrected chi connectivity index (χ4v) is 8.66. The number of ketones is 1. The van der Waals surface area contributed by atoms with Gasteiger partial charge in [-0.25, -0.2) is 18.4 Å². The molecule has 2 aromatic heterocycles. The van der Waals surface area contributed by atoms with Crippen molar-refractivity contribution in [2.75, 3.05) is 13.1 Å². The van der Waals surface area contributed by atoms with Gasteiger partial charge in [-0.1, -0.05) is 13.8 Å². The third kappa shape index (κ3) is 11.7. The molecule has 3 amide bonds. The smallest absolute Gasteiger partial charge is 0.408 e. The van der Waals surface area contributed by atoms with E-state index in [1.165, 1.54) is 17.9 Å². The van der Waals surface area contributed by atoms with E-state index < -0.39 is 107 Å². The number of nitrogens with zero attached hydrogens (tertiary/aromatic N) is 1. The Kier molecular flexibility index (Phi) is 13.2. The molecule has 6 rings (SSSR count). The molecule has 18 heteroatoms. The van der Waals surface area contributed by atoms with Gasteiger partial charge in [0.1, 0.15) is 42.5 Å². The quantitative estimate of drug-likeness (QED) is 0.0630. The Labute approximate surface area is 388 Å². The lowest BCUT2D eigenvalue weighted by molar-refractivity contribution is -0.147. The molecule has 0 radical (unpaired) electrons. The van der Waals surface area contributed by atoms with Crippen LogP contribution in [-0.2, 0) is 44.5 Å². The standard InChI is InChI=1S/C48H62F2N6O10/c1-11-34(54-45(61)65-47(5,6)7)43(59)40(38-21-29(22-51-38)63-24(3)57)39-32-16-14-27(50)18-37(32)53-42(39)41-33(31-15-13-26(49)17-36(31)52-41)20-28-19-30(64-25(4)58)23-56(28)44(60)35(12-2)55-46(62)66-48(8,9)10/h13-18,28-30,34-35,38,40,51-53H,11-12,19-23H2,1-10H3,(H,54,61)(H,55,62)/i15D,38D/hD2. The first-order valence-electron chi connectivity index (χ1n) is 24.0. The summed E-state index contributed by atoms with van der Waals surface area (Å²) in [6.07, 6.45) is -4.17. The van der Waals surface area contributed by atoms with Crippen LogP contribution in [0.2, 0.25) is 2.82 Å². The molecule has 4 heterocycles. The van der Waals surface area contributed by atoms with E-state index in [1.807, 2.05) is 0 Å². The Balaban J connectivity index is 1.62. The van der Waals surface area contributed by atoms with Gasteiger partial charge in [0.2, 0.25) is 5.91 Å².